The van der Waals surface area contributed by atoms with E-state index in [1.165, 1.54) is 23.5 Å². The van der Waals surface area contributed by atoms with Crippen molar-refractivity contribution in [2.75, 3.05) is 12.5 Å². The van der Waals surface area contributed by atoms with Crippen LogP contribution in [0.25, 0.3) is 11.3 Å². The number of rotatable bonds is 5. The molecule has 4 nitrogen and oxygen atoms in total. The van der Waals surface area contributed by atoms with E-state index in [0.29, 0.717) is 5.13 Å². The number of ether oxygens (including phenoxy) is 1. The molecule has 0 unspecified atom stereocenters. The maximum atomic E-state index is 13.0. The van der Waals surface area contributed by atoms with Gasteiger partial charge in [-0.15, -0.1) is 11.3 Å². The van der Waals surface area contributed by atoms with E-state index in [9.17, 15) is 4.39 Å². The van der Waals surface area contributed by atoms with E-state index in [2.05, 4.69) is 15.5 Å². The third-order valence-electron chi connectivity index (χ3n) is 3.47. The Morgan fingerprint density at radius 3 is 2.50 bits per heavy atom. The number of nitrogens with one attached hydrogen (secondary N) is 1. The number of methoxy groups -OCH3 is 1. The van der Waals surface area contributed by atoms with E-state index in [1.54, 1.807) is 19.2 Å². The second-order valence-electron chi connectivity index (χ2n) is 5.08. The Balaban J connectivity index is 1.70. The molecule has 0 aliphatic rings. The SMILES string of the molecule is COc1ccc(C(C)=NNc2nc(-c3ccc(F)cc3)cs2)cc1. The summed E-state index contributed by atoms with van der Waals surface area (Å²) in [7, 11) is 1.64. The number of thiazole rings is 1. The zero-order valence-electron chi connectivity index (χ0n) is 13.3. The highest BCUT2D eigenvalue weighted by Crippen LogP contribution is 2.25. The Kier molecular flexibility index (Phi) is 4.86. The molecule has 0 aliphatic carbocycles. The number of benzene rings is 2. The smallest absolute Gasteiger partial charge is 0.203 e. The molecule has 3 rings (SSSR count). The summed E-state index contributed by atoms with van der Waals surface area (Å²) in [5.74, 6) is 0.551. The first-order valence-corrected chi connectivity index (χ1v) is 8.20. The Morgan fingerprint density at radius 1 is 1.12 bits per heavy atom. The molecule has 24 heavy (non-hydrogen) atoms. The van der Waals surface area contributed by atoms with Crippen molar-refractivity contribution in [3.05, 3.63) is 65.3 Å². The second-order valence-corrected chi connectivity index (χ2v) is 5.94. The minimum Gasteiger partial charge on any atom is -0.497 e. The van der Waals surface area contributed by atoms with Crippen LogP contribution >= 0.6 is 11.3 Å². The van der Waals surface area contributed by atoms with Crippen molar-refractivity contribution >= 4 is 22.2 Å². The van der Waals surface area contributed by atoms with Gasteiger partial charge in [-0.25, -0.2) is 9.37 Å². The minimum absolute atomic E-state index is 0.257. The van der Waals surface area contributed by atoms with Crippen LogP contribution < -0.4 is 10.2 Å². The molecule has 0 atom stereocenters. The summed E-state index contributed by atoms with van der Waals surface area (Å²) < 4.78 is 18.1. The van der Waals surface area contributed by atoms with Crippen molar-refractivity contribution in [3.8, 4) is 17.0 Å². The van der Waals surface area contributed by atoms with Crippen LogP contribution in [0.15, 0.2) is 59.0 Å². The van der Waals surface area contributed by atoms with Crippen LogP contribution in [0, 0.1) is 5.82 Å². The fraction of sp³-hybridized carbons (Fsp3) is 0.111. The van der Waals surface area contributed by atoms with Crippen LogP contribution in [0.2, 0.25) is 0 Å². The van der Waals surface area contributed by atoms with Crippen molar-refractivity contribution in [1.29, 1.82) is 0 Å². The fourth-order valence-electron chi connectivity index (χ4n) is 2.11. The van der Waals surface area contributed by atoms with Crippen LogP contribution in [0.5, 0.6) is 5.75 Å². The highest BCUT2D eigenvalue weighted by atomic mass is 32.1. The van der Waals surface area contributed by atoms with E-state index in [1.807, 2.05) is 36.6 Å². The molecule has 3 aromatic rings. The zero-order valence-corrected chi connectivity index (χ0v) is 14.1. The number of halogens is 1. The molecule has 0 amide bonds. The Bertz CT molecular complexity index is 841. The van der Waals surface area contributed by atoms with Crippen LogP contribution in [-0.2, 0) is 0 Å². The van der Waals surface area contributed by atoms with Gasteiger partial charge in [0.2, 0.25) is 5.13 Å². The zero-order chi connectivity index (χ0) is 16.9. The lowest BCUT2D eigenvalue weighted by atomic mass is 10.1. The van der Waals surface area contributed by atoms with Crippen molar-refractivity contribution in [3.63, 3.8) is 0 Å². The summed E-state index contributed by atoms with van der Waals surface area (Å²) >= 11 is 1.45. The fourth-order valence-corrected chi connectivity index (χ4v) is 2.77. The molecule has 0 aliphatic heterocycles. The van der Waals surface area contributed by atoms with Crippen molar-refractivity contribution in [1.82, 2.24) is 4.98 Å². The van der Waals surface area contributed by atoms with Gasteiger partial charge in [-0.3, -0.25) is 5.43 Å². The molecular weight excluding hydrogens is 325 g/mol. The van der Waals surface area contributed by atoms with Gasteiger partial charge in [-0.05, 0) is 61.0 Å². The summed E-state index contributed by atoms with van der Waals surface area (Å²) in [4.78, 5) is 4.46. The van der Waals surface area contributed by atoms with E-state index < -0.39 is 0 Å². The van der Waals surface area contributed by atoms with E-state index in [0.717, 1.165) is 28.3 Å². The second kappa shape index (κ2) is 7.23. The van der Waals surface area contributed by atoms with Crippen LogP contribution in [0.4, 0.5) is 9.52 Å². The lowest BCUT2D eigenvalue weighted by Crippen LogP contribution is -1.99. The van der Waals surface area contributed by atoms with E-state index in [4.69, 9.17) is 4.74 Å². The monoisotopic (exact) mass is 341 g/mol. The van der Waals surface area contributed by atoms with Crippen molar-refractivity contribution < 1.29 is 9.13 Å². The van der Waals surface area contributed by atoms with Gasteiger partial charge in [0.1, 0.15) is 11.6 Å². The number of hydrogen-bond acceptors (Lipinski definition) is 5. The molecule has 0 bridgehead atoms. The van der Waals surface area contributed by atoms with E-state index in [-0.39, 0.29) is 5.82 Å². The first-order chi connectivity index (χ1) is 11.7. The molecule has 1 aromatic heterocycles. The topological polar surface area (TPSA) is 46.5 Å². The van der Waals surface area contributed by atoms with Gasteiger partial charge in [0.05, 0.1) is 18.5 Å². The molecule has 6 heteroatoms. The number of hydrazone groups is 1. The summed E-state index contributed by atoms with van der Waals surface area (Å²) in [5.41, 5.74) is 6.47. The van der Waals surface area contributed by atoms with Crippen LogP contribution in [-0.4, -0.2) is 17.8 Å². The molecule has 0 spiro atoms. The van der Waals surface area contributed by atoms with Crippen molar-refractivity contribution in [2.24, 2.45) is 5.10 Å². The summed E-state index contributed by atoms with van der Waals surface area (Å²) in [6, 6.07) is 14.0. The van der Waals surface area contributed by atoms with E-state index >= 15 is 0 Å². The molecule has 0 saturated carbocycles. The predicted octanol–water partition coefficient (Wildman–Crippen LogP) is 4.79. The molecule has 0 radical (unpaired) electrons. The van der Waals surface area contributed by atoms with Crippen LogP contribution in [0.3, 0.4) is 0 Å². The summed E-state index contributed by atoms with van der Waals surface area (Å²) in [6.45, 7) is 1.92. The maximum absolute atomic E-state index is 13.0. The molecule has 0 fully saturated rings. The minimum atomic E-state index is -0.257. The van der Waals surface area contributed by atoms with Crippen molar-refractivity contribution in [2.45, 2.75) is 6.92 Å². The molecule has 1 N–H and O–H groups in total. The van der Waals surface area contributed by atoms with Gasteiger partial charge < -0.3 is 4.74 Å². The quantitative estimate of drug-likeness (QED) is 0.536. The number of hydrogen-bond donors (Lipinski definition) is 1. The normalized spacial score (nSPS) is 11.4. The van der Waals surface area contributed by atoms with Gasteiger partial charge in [0, 0.05) is 10.9 Å². The highest BCUT2D eigenvalue weighted by molar-refractivity contribution is 7.14. The molecule has 1 heterocycles. The third-order valence-corrected chi connectivity index (χ3v) is 4.22. The predicted molar refractivity (Wildman–Crippen MR) is 96.3 cm³/mol. The molecular formula is C18H16FN3OS. The van der Waals surface area contributed by atoms with Gasteiger partial charge >= 0.3 is 0 Å². The Hall–Kier alpha value is -2.73. The van der Waals surface area contributed by atoms with Gasteiger partial charge in [-0.2, -0.15) is 5.10 Å². The molecule has 0 saturated heterocycles. The average Bonchev–Trinajstić information content (AvgIpc) is 3.09. The summed E-state index contributed by atoms with van der Waals surface area (Å²) in [5, 5.41) is 6.95. The number of aromatic nitrogens is 1. The highest BCUT2D eigenvalue weighted by Gasteiger charge is 2.05. The summed E-state index contributed by atoms with van der Waals surface area (Å²) in [6.07, 6.45) is 0. The molecule has 122 valence electrons. The first kappa shape index (κ1) is 16.1. The number of nitrogens with zero attached hydrogens (tertiary/aromatic N) is 2. The van der Waals surface area contributed by atoms with Gasteiger partial charge in [0.25, 0.3) is 0 Å². The lowest BCUT2D eigenvalue weighted by Gasteiger charge is -2.03. The Morgan fingerprint density at radius 2 is 1.83 bits per heavy atom. The standard InChI is InChI=1S/C18H16FN3OS/c1-12(13-5-9-16(23-2)10-6-13)21-22-18-20-17(11-24-18)14-3-7-15(19)8-4-14/h3-11H,1-2H3,(H,20,22). The van der Waals surface area contributed by atoms with Crippen LogP contribution in [0.1, 0.15) is 12.5 Å². The first-order valence-electron chi connectivity index (χ1n) is 7.32. The third kappa shape index (κ3) is 3.78. The average molecular weight is 341 g/mol. The van der Waals surface area contributed by atoms with Gasteiger partial charge in [0.15, 0.2) is 0 Å². The van der Waals surface area contributed by atoms with Gasteiger partial charge in [-0.1, -0.05) is 0 Å². The lowest BCUT2D eigenvalue weighted by molar-refractivity contribution is 0.415. The number of anilines is 1. The molecule has 2 aromatic carbocycles. The maximum Gasteiger partial charge on any atom is 0.203 e. The largest absolute Gasteiger partial charge is 0.497 e. The Labute approximate surface area is 143 Å².